The van der Waals surface area contributed by atoms with Crippen LogP contribution in [0.3, 0.4) is 0 Å². The molecule has 1 aromatic heterocycles. The maximum absolute atomic E-state index is 13.5. The molecule has 0 aliphatic rings. The van der Waals surface area contributed by atoms with E-state index in [1.54, 1.807) is 0 Å². The Morgan fingerprint density at radius 2 is 1.68 bits per heavy atom. The van der Waals surface area contributed by atoms with E-state index in [1.165, 1.54) is 6.07 Å². The Hall–Kier alpha value is -2.55. The molecule has 130 valence electrons. The van der Waals surface area contributed by atoms with Gasteiger partial charge < -0.3 is 0 Å². The first kappa shape index (κ1) is 17.3. The highest BCUT2D eigenvalue weighted by atomic mass is 35.5. The molecule has 0 bridgehead atoms. The topological polar surface area (TPSA) is 43.6 Å². The van der Waals surface area contributed by atoms with Crippen LogP contribution in [0.1, 0.15) is 11.1 Å². The van der Waals surface area contributed by atoms with Crippen LogP contribution >= 0.6 is 11.6 Å². The van der Waals surface area contributed by atoms with Gasteiger partial charge in [-0.3, -0.25) is 0 Å². The smallest absolute Gasteiger partial charge is 0.221 e. The van der Waals surface area contributed by atoms with Crippen LogP contribution in [0.25, 0.3) is 11.4 Å². The molecule has 2 aromatic carbocycles. The summed E-state index contributed by atoms with van der Waals surface area (Å²) < 4.78 is 67.1. The maximum Gasteiger partial charge on any atom is 0.417 e. The number of hydrogen-bond acceptors (Lipinski definition) is 3. The summed E-state index contributed by atoms with van der Waals surface area (Å²) in [6.07, 6.45) is -4.71. The largest absolute Gasteiger partial charge is 0.417 e. The number of halogens is 6. The number of nitrogens with zero attached hydrogens (tertiary/aromatic N) is 4. The number of benzene rings is 2. The first-order chi connectivity index (χ1) is 11.8. The normalized spacial score (nSPS) is 11.8. The van der Waals surface area contributed by atoms with E-state index in [9.17, 15) is 22.0 Å². The van der Waals surface area contributed by atoms with Crippen LogP contribution in [0.4, 0.5) is 22.0 Å². The van der Waals surface area contributed by atoms with E-state index in [4.69, 9.17) is 11.6 Å². The summed E-state index contributed by atoms with van der Waals surface area (Å²) in [7, 11) is 0. The molecule has 0 fully saturated rings. The van der Waals surface area contributed by atoms with Gasteiger partial charge in [0.2, 0.25) is 0 Å². The fourth-order valence-corrected chi connectivity index (χ4v) is 2.49. The number of aromatic nitrogens is 4. The molecule has 3 aromatic rings. The molecule has 0 saturated heterocycles. The van der Waals surface area contributed by atoms with Crippen molar-refractivity contribution < 1.29 is 22.0 Å². The lowest BCUT2D eigenvalue weighted by Gasteiger charge is -2.13. The Bertz CT molecular complexity index is 923. The summed E-state index contributed by atoms with van der Waals surface area (Å²) in [5.41, 5.74) is -1.19. The van der Waals surface area contributed by atoms with Crippen molar-refractivity contribution in [2.24, 2.45) is 0 Å². The molecule has 1 heterocycles. The third-order valence-corrected chi connectivity index (χ3v) is 3.75. The predicted octanol–water partition coefficient (Wildman–Crippen LogP) is 4.34. The van der Waals surface area contributed by atoms with Gasteiger partial charge in [0.05, 0.1) is 12.1 Å². The van der Waals surface area contributed by atoms with Crippen molar-refractivity contribution in [3.8, 4) is 11.4 Å². The van der Waals surface area contributed by atoms with E-state index < -0.39 is 28.9 Å². The molecule has 0 saturated carbocycles. The summed E-state index contributed by atoms with van der Waals surface area (Å²) in [5, 5.41) is 10.6. The molecule has 3 rings (SSSR count). The summed E-state index contributed by atoms with van der Waals surface area (Å²) in [5.74, 6) is -1.71. The van der Waals surface area contributed by atoms with E-state index in [2.05, 4.69) is 15.5 Å². The molecule has 0 aliphatic carbocycles. The van der Waals surface area contributed by atoms with Gasteiger partial charge in [0.15, 0.2) is 5.82 Å². The van der Waals surface area contributed by atoms with E-state index in [0.29, 0.717) is 23.8 Å². The van der Waals surface area contributed by atoms with Crippen LogP contribution < -0.4 is 0 Å². The van der Waals surface area contributed by atoms with Crippen LogP contribution in [0.2, 0.25) is 5.02 Å². The minimum Gasteiger partial charge on any atom is -0.221 e. The lowest BCUT2D eigenvalue weighted by atomic mass is 10.1. The van der Waals surface area contributed by atoms with Gasteiger partial charge in [0.1, 0.15) is 11.6 Å². The SMILES string of the molecule is Fc1ccc(Cn2nnnc2-c2cc(F)ccc2C(F)(F)F)c(Cl)c1. The van der Waals surface area contributed by atoms with E-state index in [1.807, 2.05) is 0 Å². The van der Waals surface area contributed by atoms with Gasteiger partial charge in [-0.05, 0) is 46.3 Å². The zero-order valence-corrected chi connectivity index (χ0v) is 13.0. The lowest BCUT2D eigenvalue weighted by Crippen LogP contribution is -2.11. The molecular weight excluding hydrogens is 367 g/mol. The number of alkyl halides is 3. The number of rotatable bonds is 3. The zero-order chi connectivity index (χ0) is 18.2. The summed E-state index contributed by atoms with van der Waals surface area (Å²) in [6, 6.07) is 5.60. The molecule has 0 N–H and O–H groups in total. The zero-order valence-electron chi connectivity index (χ0n) is 12.2. The van der Waals surface area contributed by atoms with Crippen LogP contribution in [-0.2, 0) is 12.7 Å². The first-order valence-electron chi connectivity index (χ1n) is 6.83. The molecule has 10 heteroatoms. The van der Waals surface area contributed by atoms with Gasteiger partial charge in [0.25, 0.3) is 0 Å². The van der Waals surface area contributed by atoms with E-state index in [-0.39, 0.29) is 17.4 Å². The van der Waals surface area contributed by atoms with Crippen molar-refractivity contribution in [1.29, 1.82) is 0 Å². The van der Waals surface area contributed by atoms with Gasteiger partial charge in [-0.25, -0.2) is 13.5 Å². The Kier molecular flexibility index (Phi) is 4.42. The summed E-state index contributed by atoms with van der Waals surface area (Å²) >= 11 is 5.91. The second-order valence-electron chi connectivity index (χ2n) is 5.08. The fraction of sp³-hybridized carbons (Fsp3) is 0.133. The third kappa shape index (κ3) is 3.60. The molecular formula is C15H8ClF5N4. The van der Waals surface area contributed by atoms with Gasteiger partial charge in [0, 0.05) is 10.6 Å². The van der Waals surface area contributed by atoms with E-state index in [0.717, 1.165) is 16.8 Å². The van der Waals surface area contributed by atoms with Crippen molar-refractivity contribution in [3.05, 3.63) is 64.2 Å². The highest BCUT2D eigenvalue weighted by Crippen LogP contribution is 2.36. The van der Waals surface area contributed by atoms with Gasteiger partial charge >= 0.3 is 6.18 Å². The average molecular weight is 375 g/mol. The Labute approximate surface area is 142 Å². The van der Waals surface area contributed by atoms with Crippen LogP contribution in [0.15, 0.2) is 36.4 Å². The van der Waals surface area contributed by atoms with Crippen LogP contribution in [0.5, 0.6) is 0 Å². The number of tetrazole rings is 1. The van der Waals surface area contributed by atoms with Gasteiger partial charge in [-0.15, -0.1) is 5.10 Å². The molecule has 0 spiro atoms. The second kappa shape index (κ2) is 6.40. The minimum atomic E-state index is -4.71. The second-order valence-corrected chi connectivity index (χ2v) is 5.49. The van der Waals surface area contributed by atoms with Gasteiger partial charge in [-0.1, -0.05) is 17.7 Å². The highest BCUT2D eigenvalue weighted by molar-refractivity contribution is 6.31. The van der Waals surface area contributed by atoms with Crippen molar-refractivity contribution in [2.75, 3.05) is 0 Å². The highest BCUT2D eigenvalue weighted by Gasteiger charge is 2.35. The minimum absolute atomic E-state index is 0.0664. The third-order valence-electron chi connectivity index (χ3n) is 3.40. The maximum atomic E-state index is 13.5. The fourth-order valence-electron chi connectivity index (χ4n) is 2.26. The Morgan fingerprint density at radius 3 is 2.36 bits per heavy atom. The van der Waals surface area contributed by atoms with Crippen molar-refractivity contribution in [3.63, 3.8) is 0 Å². The van der Waals surface area contributed by atoms with E-state index >= 15 is 0 Å². The Balaban J connectivity index is 2.07. The van der Waals surface area contributed by atoms with Crippen molar-refractivity contribution >= 4 is 11.6 Å². The quantitative estimate of drug-likeness (QED) is 0.641. The number of hydrogen-bond donors (Lipinski definition) is 0. The van der Waals surface area contributed by atoms with Crippen molar-refractivity contribution in [1.82, 2.24) is 20.2 Å². The first-order valence-corrected chi connectivity index (χ1v) is 7.20. The van der Waals surface area contributed by atoms with Crippen molar-refractivity contribution in [2.45, 2.75) is 12.7 Å². The molecule has 0 atom stereocenters. The van der Waals surface area contributed by atoms with Crippen LogP contribution in [0, 0.1) is 11.6 Å². The lowest BCUT2D eigenvalue weighted by molar-refractivity contribution is -0.137. The van der Waals surface area contributed by atoms with Gasteiger partial charge in [-0.2, -0.15) is 13.2 Å². The monoisotopic (exact) mass is 374 g/mol. The molecule has 4 nitrogen and oxygen atoms in total. The van der Waals surface area contributed by atoms with Crippen LogP contribution in [-0.4, -0.2) is 20.2 Å². The molecule has 0 radical (unpaired) electrons. The standard InChI is InChI=1S/C15H8ClF5N4/c16-13-6-10(18)2-1-8(13)7-25-14(22-23-24-25)11-5-9(17)3-4-12(11)15(19,20)21/h1-6H,7H2. The average Bonchev–Trinajstić information content (AvgIpc) is 2.97. The molecule has 0 aliphatic heterocycles. The summed E-state index contributed by atoms with van der Waals surface area (Å²) in [4.78, 5) is 0. The molecule has 0 unspecified atom stereocenters. The molecule has 25 heavy (non-hydrogen) atoms. The molecule has 0 amide bonds. The predicted molar refractivity (Wildman–Crippen MR) is 78.7 cm³/mol. The summed E-state index contributed by atoms with van der Waals surface area (Å²) in [6.45, 7) is -0.116. The Morgan fingerprint density at radius 1 is 1.00 bits per heavy atom.